The minimum atomic E-state index is 0.980. The minimum absolute atomic E-state index is 0.980. The summed E-state index contributed by atoms with van der Waals surface area (Å²) in [5, 5.41) is 0. The summed E-state index contributed by atoms with van der Waals surface area (Å²) in [5.74, 6) is 0. The number of allylic oxidation sites excluding steroid dienone is 4. The summed E-state index contributed by atoms with van der Waals surface area (Å²) >= 11 is 0. The second kappa shape index (κ2) is 5.42. The topological polar surface area (TPSA) is 36.4 Å². The zero-order chi connectivity index (χ0) is 12.1. The second-order valence-electron chi connectivity index (χ2n) is 4.19. The third-order valence-corrected chi connectivity index (χ3v) is 3.11. The van der Waals surface area contributed by atoms with Gasteiger partial charge in [0.1, 0.15) is 0 Å². The zero-order valence-corrected chi connectivity index (χ0v) is 10.1. The lowest BCUT2D eigenvalue weighted by molar-refractivity contribution is 0.00455. The Morgan fingerprint density at radius 1 is 1.24 bits per heavy atom. The molecule has 17 heavy (non-hydrogen) atoms. The summed E-state index contributed by atoms with van der Waals surface area (Å²) in [4.78, 5) is 3.14. The van der Waals surface area contributed by atoms with Crippen molar-refractivity contribution in [1.82, 2.24) is 0 Å². The van der Waals surface area contributed by atoms with Crippen molar-refractivity contribution in [2.75, 3.05) is 0 Å². The summed E-state index contributed by atoms with van der Waals surface area (Å²) in [6.07, 6.45) is 9.24. The third-order valence-electron chi connectivity index (χ3n) is 3.11. The molecule has 1 aromatic rings. The Bertz CT molecular complexity index is 517. The van der Waals surface area contributed by atoms with Crippen LogP contribution >= 0.6 is 0 Å². The molecular weight excluding hydrogens is 208 g/mol. The van der Waals surface area contributed by atoms with Crippen LogP contribution < -0.4 is 0 Å². The van der Waals surface area contributed by atoms with Gasteiger partial charge in [-0.05, 0) is 49.0 Å². The van der Waals surface area contributed by atoms with E-state index >= 15 is 0 Å². The van der Waals surface area contributed by atoms with E-state index < -0.39 is 0 Å². The quantitative estimate of drug-likeness (QED) is 0.425. The van der Waals surface area contributed by atoms with Gasteiger partial charge in [0.15, 0.2) is 0 Å². The Balaban J connectivity index is 2.53. The molecule has 0 spiro atoms. The maximum Gasteiger partial charge on any atom is 0.288 e. The maximum absolute atomic E-state index is 8.70. The fourth-order valence-electron chi connectivity index (χ4n) is 2.41. The van der Waals surface area contributed by atoms with E-state index in [4.69, 9.17) is 5.53 Å². The van der Waals surface area contributed by atoms with Crippen LogP contribution in [0.5, 0.6) is 0 Å². The van der Waals surface area contributed by atoms with E-state index in [1.165, 1.54) is 29.3 Å². The van der Waals surface area contributed by atoms with E-state index in [9.17, 15) is 0 Å². The number of benzene rings is 1. The van der Waals surface area contributed by atoms with Crippen molar-refractivity contribution in [3.63, 3.8) is 0 Å². The van der Waals surface area contributed by atoms with E-state index in [1.807, 2.05) is 25.1 Å². The maximum atomic E-state index is 8.70. The highest BCUT2D eigenvalue weighted by Gasteiger charge is 2.16. The molecule has 2 heteroatoms. The molecule has 0 bridgehead atoms. The van der Waals surface area contributed by atoms with Gasteiger partial charge in [0.25, 0.3) is 6.21 Å². The van der Waals surface area contributed by atoms with E-state index in [2.05, 4.69) is 23.0 Å². The second-order valence-corrected chi connectivity index (χ2v) is 4.19. The predicted molar refractivity (Wildman–Crippen MR) is 70.8 cm³/mol. The molecule has 0 saturated heterocycles. The van der Waals surface area contributed by atoms with Crippen molar-refractivity contribution in [1.29, 1.82) is 0 Å². The minimum Gasteiger partial charge on any atom is -0.361 e. The van der Waals surface area contributed by atoms with Crippen molar-refractivity contribution in [3.05, 3.63) is 58.6 Å². The summed E-state index contributed by atoms with van der Waals surface area (Å²) in [6.45, 7) is 2.05. The van der Waals surface area contributed by atoms with Crippen LogP contribution in [-0.4, -0.2) is 11.0 Å². The SMILES string of the molecule is C/C=C/C1=C(c2ccccc2C=[N+]=[N-])CCC1. The van der Waals surface area contributed by atoms with Gasteiger partial charge in [-0.2, -0.15) is 4.79 Å². The van der Waals surface area contributed by atoms with Gasteiger partial charge in [0.2, 0.25) is 0 Å². The van der Waals surface area contributed by atoms with Crippen molar-refractivity contribution in [2.24, 2.45) is 0 Å². The standard InChI is InChI=1S/C15H16N2/c1-2-6-12-8-5-10-14(12)15-9-4-3-7-13(15)11-17-16/h2-4,6-7,9,11H,5,8,10H2,1H3/b6-2+. The number of rotatable bonds is 3. The molecule has 1 aliphatic carbocycles. The normalized spacial score (nSPS) is 15.4. The Morgan fingerprint density at radius 3 is 2.82 bits per heavy atom. The lowest BCUT2D eigenvalue weighted by Crippen LogP contribution is -1.92. The van der Waals surface area contributed by atoms with Gasteiger partial charge in [0.05, 0.1) is 5.56 Å². The van der Waals surface area contributed by atoms with Crippen molar-refractivity contribution >= 4 is 11.8 Å². The van der Waals surface area contributed by atoms with Crippen LogP contribution in [0.2, 0.25) is 0 Å². The van der Waals surface area contributed by atoms with Crippen LogP contribution in [0.3, 0.4) is 0 Å². The van der Waals surface area contributed by atoms with E-state index in [0.29, 0.717) is 0 Å². The Kier molecular flexibility index (Phi) is 3.69. The molecule has 0 radical (unpaired) electrons. The van der Waals surface area contributed by atoms with Gasteiger partial charge in [-0.25, -0.2) is 0 Å². The largest absolute Gasteiger partial charge is 0.361 e. The van der Waals surface area contributed by atoms with Crippen molar-refractivity contribution in [3.8, 4) is 0 Å². The highest BCUT2D eigenvalue weighted by atomic mass is 14.8. The van der Waals surface area contributed by atoms with Gasteiger partial charge in [-0.3, -0.25) is 0 Å². The molecular formula is C15H16N2. The molecule has 2 nitrogen and oxygen atoms in total. The molecule has 1 aromatic carbocycles. The molecule has 0 unspecified atom stereocenters. The molecule has 2 rings (SSSR count). The molecule has 0 saturated carbocycles. The zero-order valence-electron chi connectivity index (χ0n) is 10.1. The van der Waals surface area contributed by atoms with Gasteiger partial charge < -0.3 is 5.53 Å². The fraction of sp³-hybridized carbons (Fsp3) is 0.267. The van der Waals surface area contributed by atoms with Crippen molar-refractivity contribution in [2.45, 2.75) is 26.2 Å². The number of nitrogens with zero attached hydrogens (tertiary/aromatic N) is 2. The molecule has 0 aromatic heterocycles. The van der Waals surface area contributed by atoms with Crippen LogP contribution in [0.15, 0.2) is 42.0 Å². The lowest BCUT2D eigenvalue weighted by Gasteiger charge is -2.06. The van der Waals surface area contributed by atoms with Crippen molar-refractivity contribution < 1.29 is 4.79 Å². The number of hydrogen-bond donors (Lipinski definition) is 0. The predicted octanol–water partition coefficient (Wildman–Crippen LogP) is 3.85. The van der Waals surface area contributed by atoms with Gasteiger partial charge in [0, 0.05) is 0 Å². The van der Waals surface area contributed by atoms with Crippen LogP contribution in [0, 0.1) is 0 Å². The molecule has 86 valence electrons. The first-order valence-electron chi connectivity index (χ1n) is 5.98. The Labute approximate surface area is 102 Å². The first kappa shape index (κ1) is 11.6. The summed E-state index contributed by atoms with van der Waals surface area (Å²) in [6, 6.07) is 8.07. The van der Waals surface area contributed by atoms with E-state index in [-0.39, 0.29) is 0 Å². The molecule has 0 heterocycles. The van der Waals surface area contributed by atoms with Crippen LogP contribution in [0.4, 0.5) is 0 Å². The van der Waals surface area contributed by atoms with Crippen LogP contribution in [0.25, 0.3) is 11.1 Å². The van der Waals surface area contributed by atoms with Gasteiger partial charge in [-0.1, -0.05) is 30.4 Å². The average molecular weight is 224 g/mol. The molecule has 0 atom stereocenters. The summed E-state index contributed by atoms with van der Waals surface area (Å²) < 4.78 is 0. The highest BCUT2D eigenvalue weighted by Crippen LogP contribution is 2.35. The molecule has 0 N–H and O–H groups in total. The Morgan fingerprint density at radius 2 is 2.06 bits per heavy atom. The lowest BCUT2D eigenvalue weighted by atomic mass is 9.97. The van der Waals surface area contributed by atoms with Gasteiger partial charge in [-0.15, -0.1) is 0 Å². The third kappa shape index (κ3) is 2.43. The monoisotopic (exact) mass is 224 g/mol. The fourth-order valence-corrected chi connectivity index (χ4v) is 2.41. The first-order valence-corrected chi connectivity index (χ1v) is 5.98. The van der Waals surface area contributed by atoms with E-state index in [0.717, 1.165) is 18.4 Å². The first-order chi connectivity index (χ1) is 8.36. The van der Waals surface area contributed by atoms with Crippen LogP contribution in [-0.2, 0) is 0 Å². The van der Waals surface area contributed by atoms with Gasteiger partial charge >= 0.3 is 0 Å². The smallest absolute Gasteiger partial charge is 0.288 e. The molecule has 1 aliphatic rings. The molecule has 0 fully saturated rings. The average Bonchev–Trinajstić information content (AvgIpc) is 2.79. The molecule has 0 aliphatic heterocycles. The van der Waals surface area contributed by atoms with Crippen LogP contribution in [0.1, 0.15) is 37.3 Å². The Hall–Kier alpha value is -1.92. The van der Waals surface area contributed by atoms with E-state index in [1.54, 1.807) is 0 Å². The summed E-state index contributed by atoms with van der Waals surface area (Å²) in [5.41, 5.74) is 13.7. The summed E-state index contributed by atoms with van der Waals surface area (Å²) in [7, 11) is 0. The number of hydrogen-bond acceptors (Lipinski definition) is 0. The molecule has 0 amide bonds. The highest BCUT2D eigenvalue weighted by molar-refractivity contribution is 5.87.